The summed E-state index contributed by atoms with van der Waals surface area (Å²) in [5, 5.41) is 2.17. The highest BCUT2D eigenvalue weighted by molar-refractivity contribution is 8.02. The number of carbonyl (C=O) groups is 3. The van der Waals surface area contributed by atoms with E-state index in [-0.39, 0.29) is 28.2 Å². The first kappa shape index (κ1) is 17.3. The van der Waals surface area contributed by atoms with Gasteiger partial charge in [0.1, 0.15) is 0 Å². The molecule has 0 bridgehead atoms. The molecule has 7 heteroatoms. The fourth-order valence-electron chi connectivity index (χ4n) is 2.26. The molecule has 3 amide bonds. The Bertz CT molecular complexity index is 622. The van der Waals surface area contributed by atoms with Gasteiger partial charge in [0, 0.05) is 16.9 Å². The molecule has 1 aliphatic heterocycles. The highest BCUT2D eigenvalue weighted by Crippen LogP contribution is 2.36. The van der Waals surface area contributed by atoms with Crippen LogP contribution in [0, 0.1) is 0 Å². The molecule has 1 unspecified atom stereocenters. The van der Waals surface area contributed by atoms with Crippen LogP contribution in [0.25, 0.3) is 0 Å². The van der Waals surface area contributed by atoms with Crippen molar-refractivity contribution in [2.24, 2.45) is 0 Å². The van der Waals surface area contributed by atoms with Gasteiger partial charge < -0.3 is 4.74 Å². The van der Waals surface area contributed by atoms with Gasteiger partial charge >= 0.3 is 6.09 Å². The van der Waals surface area contributed by atoms with E-state index in [9.17, 15) is 14.4 Å². The molecule has 23 heavy (non-hydrogen) atoms. The minimum Gasteiger partial charge on any atom is -0.453 e. The number of amides is 3. The first-order chi connectivity index (χ1) is 10.7. The molecule has 1 aromatic rings. The lowest BCUT2D eigenvalue weighted by molar-refractivity contribution is -0.121. The predicted molar refractivity (Wildman–Crippen MR) is 90.7 cm³/mol. The zero-order valence-electron chi connectivity index (χ0n) is 13.6. The number of ether oxygens (including phenoxy) is 1. The lowest BCUT2D eigenvalue weighted by Crippen LogP contribution is -2.32. The van der Waals surface area contributed by atoms with Gasteiger partial charge in [-0.05, 0) is 24.3 Å². The Morgan fingerprint density at radius 2 is 1.87 bits per heavy atom. The maximum atomic E-state index is 12.5. The molecule has 1 atom stereocenters. The Hall–Kier alpha value is -2.02. The summed E-state index contributed by atoms with van der Waals surface area (Å²) in [4.78, 5) is 37.1. The molecule has 0 saturated carbocycles. The molecule has 1 aromatic carbocycles. The molecule has 124 valence electrons. The Morgan fingerprint density at radius 3 is 2.39 bits per heavy atom. The first-order valence-electron chi connectivity index (χ1n) is 7.21. The van der Waals surface area contributed by atoms with Gasteiger partial charge in [-0.3, -0.25) is 14.9 Å². The topological polar surface area (TPSA) is 75.7 Å². The van der Waals surface area contributed by atoms with Crippen LogP contribution in [0.4, 0.5) is 16.2 Å². The van der Waals surface area contributed by atoms with Gasteiger partial charge in [0.2, 0.25) is 11.8 Å². The van der Waals surface area contributed by atoms with Gasteiger partial charge in [0.25, 0.3) is 0 Å². The summed E-state index contributed by atoms with van der Waals surface area (Å²) >= 11 is 1.50. The number of thioether (sulfide) groups is 1. The third-order valence-corrected chi connectivity index (χ3v) is 4.52. The quantitative estimate of drug-likeness (QED) is 0.859. The first-order valence-corrected chi connectivity index (χ1v) is 8.09. The highest BCUT2D eigenvalue weighted by atomic mass is 32.2. The van der Waals surface area contributed by atoms with Crippen molar-refractivity contribution in [3.63, 3.8) is 0 Å². The van der Waals surface area contributed by atoms with Crippen molar-refractivity contribution in [3.05, 3.63) is 24.3 Å². The van der Waals surface area contributed by atoms with Crippen LogP contribution in [-0.2, 0) is 14.3 Å². The largest absolute Gasteiger partial charge is 0.453 e. The van der Waals surface area contributed by atoms with Crippen molar-refractivity contribution >= 4 is 41.0 Å². The summed E-state index contributed by atoms with van der Waals surface area (Å²) in [6.07, 6.45) is -0.365. The van der Waals surface area contributed by atoms with E-state index >= 15 is 0 Å². The van der Waals surface area contributed by atoms with E-state index in [0.717, 1.165) is 0 Å². The molecule has 1 heterocycles. The molecule has 1 saturated heterocycles. The minimum absolute atomic E-state index is 0.0924. The van der Waals surface area contributed by atoms with Crippen molar-refractivity contribution in [1.29, 1.82) is 0 Å². The van der Waals surface area contributed by atoms with Gasteiger partial charge in [-0.15, -0.1) is 11.8 Å². The molecule has 0 radical (unpaired) electrons. The number of hydrogen-bond acceptors (Lipinski definition) is 5. The fourth-order valence-corrected chi connectivity index (χ4v) is 3.54. The molecule has 0 aliphatic carbocycles. The summed E-state index contributed by atoms with van der Waals surface area (Å²) in [5.41, 5.74) is 1.03. The van der Waals surface area contributed by atoms with Gasteiger partial charge in [-0.2, -0.15) is 0 Å². The van der Waals surface area contributed by atoms with Crippen LogP contribution >= 0.6 is 11.8 Å². The van der Waals surface area contributed by atoms with Gasteiger partial charge in [-0.25, -0.2) is 9.69 Å². The summed E-state index contributed by atoms with van der Waals surface area (Å²) in [6.45, 7) is 6.06. The predicted octanol–water partition coefficient (Wildman–Crippen LogP) is 3.03. The van der Waals surface area contributed by atoms with Crippen molar-refractivity contribution in [2.45, 2.75) is 37.2 Å². The number of methoxy groups -OCH3 is 1. The monoisotopic (exact) mass is 336 g/mol. The zero-order chi connectivity index (χ0) is 17.2. The maximum Gasteiger partial charge on any atom is 0.411 e. The normalized spacial score (nSPS) is 18.3. The average molecular weight is 336 g/mol. The van der Waals surface area contributed by atoms with Gasteiger partial charge in [0.05, 0.1) is 18.0 Å². The van der Waals surface area contributed by atoms with Crippen molar-refractivity contribution in [2.75, 3.05) is 17.3 Å². The van der Waals surface area contributed by atoms with E-state index in [1.54, 1.807) is 24.3 Å². The Balaban J connectivity index is 2.13. The molecular weight excluding hydrogens is 316 g/mol. The number of rotatable bonds is 3. The summed E-state index contributed by atoms with van der Waals surface area (Å²) in [5.74, 6) is -0.394. The number of carbonyl (C=O) groups excluding carboxylic acids is 3. The Morgan fingerprint density at radius 1 is 1.26 bits per heavy atom. The van der Waals surface area contributed by atoms with E-state index in [0.29, 0.717) is 11.4 Å². The van der Waals surface area contributed by atoms with E-state index in [1.807, 2.05) is 20.8 Å². The molecule has 0 aromatic heterocycles. The van der Waals surface area contributed by atoms with Gasteiger partial charge in [0.15, 0.2) is 0 Å². The molecule has 1 fully saturated rings. The summed E-state index contributed by atoms with van der Waals surface area (Å²) in [7, 11) is 1.28. The van der Waals surface area contributed by atoms with Crippen LogP contribution in [-0.4, -0.2) is 35.0 Å². The number of nitrogens with zero attached hydrogens (tertiary/aromatic N) is 1. The van der Waals surface area contributed by atoms with Crippen molar-refractivity contribution < 1.29 is 19.1 Å². The second-order valence-electron chi connectivity index (χ2n) is 6.15. The zero-order valence-corrected chi connectivity index (χ0v) is 14.4. The van der Waals surface area contributed by atoms with E-state index in [1.165, 1.54) is 23.8 Å². The summed E-state index contributed by atoms with van der Waals surface area (Å²) in [6, 6.07) is 6.50. The second-order valence-corrected chi connectivity index (χ2v) is 8.18. The highest BCUT2D eigenvalue weighted by Gasteiger charge is 2.41. The van der Waals surface area contributed by atoms with E-state index in [4.69, 9.17) is 0 Å². The van der Waals surface area contributed by atoms with Crippen LogP contribution in [0.1, 0.15) is 27.2 Å². The van der Waals surface area contributed by atoms with Crippen LogP contribution in [0.3, 0.4) is 0 Å². The third-order valence-electron chi connectivity index (χ3n) is 3.16. The molecule has 2 rings (SSSR count). The number of hydrogen-bond donors (Lipinski definition) is 1. The maximum absolute atomic E-state index is 12.5. The average Bonchev–Trinajstić information content (AvgIpc) is 2.72. The van der Waals surface area contributed by atoms with Crippen molar-refractivity contribution in [1.82, 2.24) is 0 Å². The van der Waals surface area contributed by atoms with Crippen molar-refractivity contribution in [3.8, 4) is 0 Å². The SMILES string of the molecule is COC(=O)Nc1ccc(N2C(=O)CC(SC(C)(C)C)C2=O)cc1. The smallest absolute Gasteiger partial charge is 0.411 e. The standard InChI is InChI=1S/C16H20N2O4S/c1-16(2,3)23-12-9-13(19)18(14(12)20)11-7-5-10(6-8-11)17-15(21)22-4/h5-8,12H,9H2,1-4H3,(H,17,21). The third kappa shape index (κ3) is 4.25. The Labute approximate surface area is 139 Å². The summed E-state index contributed by atoms with van der Waals surface area (Å²) < 4.78 is 4.41. The number of imide groups is 1. The number of benzene rings is 1. The molecule has 1 aliphatic rings. The lowest BCUT2D eigenvalue weighted by Gasteiger charge is -2.21. The van der Waals surface area contributed by atoms with Crippen LogP contribution in [0.5, 0.6) is 0 Å². The van der Waals surface area contributed by atoms with Crippen LogP contribution < -0.4 is 10.2 Å². The number of nitrogens with one attached hydrogen (secondary N) is 1. The van der Waals surface area contributed by atoms with E-state index in [2.05, 4.69) is 10.1 Å². The second kappa shape index (κ2) is 6.62. The van der Waals surface area contributed by atoms with E-state index < -0.39 is 6.09 Å². The van der Waals surface area contributed by atoms with Gasteiger partial charge in [-0.1, -0.05) is 20.8 Å². The Kier molecular flexibility index (Phi) is 4.99. The molecule has 6 nitrogen and oxygen atoms in total. The fraction of sp³-hybridized carbons (Fsp3) is 0.438. The molecule has 1 N–H and O–H groups in total. The van der Waals surface area contributed by atoms with Crippen LogP contribution in [0.15, 0.2) is 24.3 Å². The number of anilines is 2. The molecular formula is C16H20N2O4S. The minimum atomic E-state index is -0.576. The van der Waals surface area contributed by atoms with Crippen LogP contribution in [0.2, 0.25) is 0 Å². The lowest BCUT2D eigenvalue weighted by atomic mass is 10.2. The molecule has 0 spiro atoms.